The van der Waals surface area contributed by atoms with Gasteiger partial charge in [0.25, 0.3) is 0 Å². The minimum absolute atomic E-state index is 0.750. The van der Waals surface area contributed by atoms with Gasteiger partial charge < -0.3 is 0 Å². The van der Waals surface area contributed by atoms with E-state index in [-0.39, 0.29) is 0 Å². The first-order chi connectivity index (χ1) is 13.3. The normalized spacial score (nSPS) is 20.0. The molecule has 0 aromatic heterocycles. The molecule has 0 amide bonds. The van der Waals surface area contributed by atoms with Crippen molar-refractivity contribution >= 4 is 11.9 Å². The molecule has 0 aliphatic heterocycles. The van der Waals surface area contributed by atoms with E-state index in [1.165, 1.54) is 49.7 Å². The molecule has 2 aromatic carbocycles. The van der Waals surface area contributed by atoms with Crippen LogP contribution < -0.4 is 0 Å². The van der Waals surface area contributed by atoms with E-state index in [4.69, 9.17) is 0 Å². The Morgan fingerprint density at radius 1 is 0.963 bits per heavy atom. The van der Waals surface area contributed by atoms with Crippen LogP contribution in [0, 0.1) is 5.92 Å². The van der Waals surface area contributed by atoms with Crippen molar-refractivity contribution < 1.29 is 0 Å². The summed E-state index contributed by atoms with van der Waals surface area (Å²) in [6.45, 7) is 6.11. The van der Waals surface area contributed by atoms with E-state index in [1.54, 1.807) is 0 Å². The Balaban J connectivity index is 1.54. The molecular formula is C26H33N. The lowest BCUT2D eigenvalue weighted by Crippen LogP contribution is -2.12. The van der Waals surface area contributed by atoms with Crippen LogP contribution in [-0.2, 0) is 6.42 Å². The molecule has 1 nitrogen and oxygen atoms in total. The molecule has 0 radical (unpaired) electrons. The van der Waals surface area contributed by atoms with E-state index in [9.17, 15) is 0 Å². The summed E-state index contributed by atoms with van der Waals surface area (Å²) in [7, 11) is 0. The van der Waals surface area contributed by atoms with Crippen molar-refractivity contribution in [1.29, 1.82) is 0 Å². The van der Waals surface area contributed by atoms with Gasteiger partial charge in [0.1, 0.15) is 0 Å². The molecule has 3 rings (SSSR count). The van der Waals surface area contributed by atoms with Crippen LogP contribution in [0.15, 0.2) is 66.2 Å². The maximum absolute atomic E-state index is 4.65. The van der Waals surface area contributed by atoms with Gasteiger partial charge in [-0.15, -0.1) is 6.58 Å². The minimum atomic E-state index is 0.750. The molecule has 1 saturated carbocycles. The molecule has 142 valence electrons. The van der Waals surface area contributed by atoms with Gasteiger partial charge in [0.2, 0.25) is 0 Å². The summed E-state index contributed by atoms with van der Waals surface area (Å²) < 4.78 is 0. The number of rotatable bonds is 8. The standard InChI is InChI=1S/C26H33N/c1-3-5-6-7-22-8-10-23(11-9-22)20-27-26-18-16-25(17-19-26)24-14-12-21(4-2)13-15-24/h3,8-11,16-21,24H,1,4-7,12-15H2,2H3. The summed E-state index contributed by atoms with van der Waals surface area (Å²) in [5, 5.41) is 0. The number of hydrogen-bond acceptors (Lipinski definition) is 1. The molecule has 0 heterocycles. The first-order valence-corrected chi connectivity index (χ1v) is 10.6. The van der Waals surface area contributed by atoms with Crippen molar-refractivity contribution in [2.24, 2.45) is 10.9 Å². The van der Waals surface area contributed by atoms with Crippen molar-refractivity contribution in [3.8, 4) is 0 Å². The molecule has 0 N–H and O–H groups in total. The van der Waals surface area contributed by atoms with Crippen LogP contribution in [0.5, 0.6) is 0 Å². The maximum atomic E-state index is 4.65. The zero-order valence-electron chi connectivity index (χ0n) is 16.7. The fourth-order valence-electron chi connectivity index (χ4n) is 4.11. The molecule has 1 aliphatic carbocycles. The van der Waals surface area contributed by atoms with Gasteiger partial charge in [-0.05, 0) is 85.6 Å². The summed E-state index contributed by atoms with van der Waals surface area (Å²) in [5.41, 5.74) is 5.07. The van der Waals surface area contributed by atoms with Crippen LogP contribution in [-0.4, -0.2) is 6.21 Å². The van der Waals surface area contributed by atoms with Gasteiger partial charge in [0.05, 0.1) is 5.69 Å². The molecule has 27 heavy (non-hydrogen) atoms. The second kappa shape index (κ2) is 10.3. The van der Waals surface area contributed by atoms with E-state index in [1.807, 2.05) is 12.3 Å². The molecule has 1 fully saturated rings. The van der Waals surface area contributed by atoms with Crippen molar-refractivity contribution in [3.05, 3.63) is 77.9 Å². The summed E-state index contributed by atoms with van der Waals surface area (Å²) in [5.74, 6) is 1.71. The topological polar surface area (TPSA) is 12.4 Å². The summed E-state index contributed by atoms with van der Waals surface area (Å²) in [6, 6.07) is 17.6. The number of nitrogens with zero attached hydrogens (tertiary/aromatic N) is 1. The fourth-order valence-corrected chi connectivity index (χ4v) is 4.11. The maximum Gasteiger partial charge on any atom is 0.0630 e. The molecule has 1 aliphatic rings. The SMILES string of the molecule is C=CCCCc1ccc(C=Nc2ccc(C3CCC(CC)CC3)cc2)cc1. The van der Waals surface area contributed by atoms with E-state index < -0.39 is 0 Å². The van der Waals surface area contributed by atoms with Gasteiger partial charge in [-0.25, -0.2) is 0 Å². The number of benzene rings is 2. The van der Waals surface area contributed by atoms with Crippen LogP contribution in [0.1, 0.15) is 74.5 Å². The smallest absolute Gasteiger partial charge is 0.0630 e. The molecule has 1 heteroatoms. The molecule has 0 atom stereocenters. The number of aliphatic imine (C=N–C) groups is 1. The van der Waals surface area contributed by atoms with Gasteiger partial charge in [-0.1, -0.05) is 55.8 Å². The third-order valence-electron chi connectivity index (χ3n) is 6.00. The summed E-state index contributed by atoms with van der Waals surface area (Å²) >= 11 is 0. The van der Waals surface area contributed by atoms with Crippen LogP contribution >= 0.6 is 0 Å². The average molecular weight is 360 g/mol. The predicted octanol–water partition coefficient (Wildman–Crippen LogP) is 7.63. The van der Waals surface area contributed by atoms with Gasteiger partial charge in [-0.3, -0.25) is 4.99 Å². The molecule has 0 bridgehead atoms. The molecule has 0 spiro atoms. The quantitative estimate of drug-likeness (QED) is 0.261. The number of aryl methyl sites for hydroxylation is 1. The lowest BCUT2D eigenvalue weighted by atomic mass is 9.78. The third-order valence-corrected chi connectivity index (χ3v) is 6.00. The van der Waals surface area contributed by atoms with Crippen molar-refractivity contribution in [1.82, 2.24) is 0 Å². The lowest BCUT2D eigenvalue weighted by Gasteiger charge is -2.28. The van der Waals surface area contributed by atoms with Crippen molar-refractivity contribution in [2.45, 2.75) is 64.2 Å². The highest BCUT2D eigenvalue weighted by atomic mass is 14.7. The number of hydrogen-bond donors (Lipinski definition) is 0. The van der Waals surface area contributed by atoms with Gasteiger partial charge >= 0.3 is 0 Å². The number of unbranched alkanes of at least 4 members (excludes halogenated alkanes) is 1. The molecule has 2 aromatic rings. The Bertz CT molecular complexity index is 716. The predicted molar refractivity (Wildman–Crippen MR) is 118 cm³/mol. The Morgan fingerprint density at radius 2 is 1.67 bits per heavy atom. The summed E-state index contributed by atoms with van der Waals surface area (Å²) in [6.07, 6.45) is 14.1. The molecule has 0 unspecified atom stereocenters. The van der Waals surface area contributed by atoms with Crippen LogP contribution in [0.2, 0.25) is 0 Å². The lowest BCUT2D eigenvalue weighted by molar-refractivity contribution is 0.319. The first kappa shape index (κ1) is 19.6. The summed E-state index contributed by atoms with van der Waals surface area (Å²) in [4.78, 5) is 4.65. The zero-order chi connectivity index (χ0) is 18.9. The highest BCUT2D eigenvalue weighted by Gasteiger charge is 2.20. The highest BCUT2D eigenvalue weighted by molar-refractivity contribution is 5.81. The van der Waals surface area contributed by atoms with Crippen LogP contribution in [0.25, 0.3) is 0 Å². The Morgan fingerprint density at radius 3 is 2.30 bits per heavy atom. The van der Waals surface area contributed by atoms with E-state index in [0.29, 0.717) is 0 Å². The third kappa shape index (κ3) is 5.92. The van der Waals surface area contributed by atoms with E-state index >= 15 is 0 Å². The van der Waals surface area contributed by atoms with Gasteiger partial charge in [0.15, 0.2) is 0 Å². The molecule has 0 saturated heterocycles. The minimum Gasteiger partial charge on any atom is -0.256 e. The second-order valence-electron chi connectivity index (χ2n) is 7.90. The van der Waals surface area contributed by atoms with Gasteiger partial charge in [0, 0.05) is 6.21 Å². The van der Waals surface area contributed by atoms with Gasteiger partial charge in [-0.2, -0.15) is 0 Å². The van der Waals surface area contributed by atoms with E-state index in [0.717, 1.165) is 35.9 Å². The van der Waals surface area contributed by atoms with Crippen molar-refractivity contribution in [2.75, 3.05) is 0 Å². The number of allylic oxidation sites excluding steroid dienone is 1. The second-order valence-corrected chi connectivity index (χ2v) is 7.90. The van der Waals surface area contributed by atoms with Crippen LogP contribution in [0.4, 0.5) is 5.69 Å². The zero-order valence-corrected chi connectivity index (χ0v) is 16.7. The van der Waals surface area contributed by atoms with Crippen LogP contribution in [0.3, 0.4) is 0 Å². The largest absolute Gasteiger partial charge is 0.256 e. The monoisotopic (exact) mass is 359 g/mol. The van der Waals surface area contributed by atoms with Crippen molar-refractivity contribution in [3.63, 3.8) is 0 Å². The highest BCUT2D eigenvalue weighted by Crippen LogP contribution is 2.37. The Labute approximate surface area is 165 Å². The first-order valence-electron chi connectivity index (χ1n) is 10.6. The Hall–Kier alpha value is -2.15. The average Bonchev–Trinajstić information content (AvgIpc) is 2.74. The fraction of sp³-hybridized carbons (Fsp3) is 0.423. The molecular weight excluding hydrogens is 326 g/mol. The Kier molecular flexibility index (Phi) is 7.45. The van der Waals surface area contributed by atoms with E-state index in [2.05, 4.69) is 67.0 Å².